The van der Waals surface area contributed by atoms with Crippen LogP contribution in [-0.2, 0) is 0 Å². The Hall–Kier alpha value is -0.410. The fraction of sp³-hybridized carbons (Fsp3) is 0.750. The molecule has 1 aromatic rings. The van der Waals surface area contributed by atoms with Crippen molar-refractivity contribution in [3.8, 4) is 0 Å². The molecule has 1 aromatic heterocycles. The molecule has 1 unspecified atom stereocenters. The molecule has 0 fully saturated rings. The van der Waals surface area contributed by atoms with Gasteiger partial charge in [0.25, 0.3) is 0 Å². The van der Waals surface area contributed by atoms with Crippen LogP contribution < -0.4 is 5.32 Å². The zero-order valence-electron chi connectivity index (χ0n) is 10.0. The van der Waals surface area contributed by atoms with Gasteiger partial charge in [0.05, 0.1) is 6.04 Å². The van der Waals surface area contributed by atoms with E-state index >= 15 is 0 Å². The number of rotatable bonds is 7. The fourth-order valence-corrected chi connectivity index (χ4v) is 2.48. The van der Waals surface area contributed by atoms with Gasteiger partial charge in [0.2, 0.25) is 0 Å². The zero-order chi connectivity index (χ0) is 11.1. The van der Waals surface area contributed by atoms with Gasteiger partial charge in [-0.15, -0.1) is 11.3 Å². The van der Waals surface area contributed by atoms with E-state index in [1.807, 2.05) is 0 Å². The van der Waals surface area contributed by atoms with E-state index in [0.29, 0.717) is 6.04 Å². The van der Waals surface area contributed by atoms with E-state index in [0.717, 1.165) is 12.2 Å². The van der Waals surface area contributed by atoms with Crippen LogP contribution >= 0.6 is 11.3 Å². The first-order valence-electron chi connectivity index (χ1n) is 5.93. The molecule has 0 bridgehead atoms. The van der Waals surface area contributed by atoms with Gasteiger partial charge in [0.15, 0.2) is 0 Å². The highest BCUT2D eigenvalue weighted by Gasteiger charge is 2.13. The summed E-state index contributed by atoms with van der Waals surface area (Å²) in [4.78, 5) is 4.57. The second kappa shape index (κ2) is 6.96. The third-order valence-electron chi connectivity index (χ3n) is 2.42. The first kappa shape index (κ1) is 12.7. The predicted octanol–water partition coefficient (Wildman–Crippen LogP) is 3.68. The number of hydrogen-bond acceptors (Lipinski definition) is 3. The fourth-order valence-electron chi connectivity index (χ4n) is 1.57. The molecule has 0 saturated carbocycles. The normalized spacial score (nSPS) is 13.0. The molecule has 0 saturated heterocycles. The van der Waals surface area contributed by atoms with Crippen LogP contribution in [0.2, 0.25) is 0 Å². The van der Waals surface area contributed by atoms with Crippen molar-refractivity contribution in [3.63, 3.8) is 0 Å². The molecule has 1 N–H and O–H groups in total. The second-order valence-corrected chi connectivity index (χ2v) is 4.87. The van der Waals surface area contributed by atoms with Crippen molar-refractivity contribution in [1.29, 1.82) is 0 Å². The van der Waals surface area contributed by atoms with Crippen molar-refractivity contribution < 1.29 is 0 Å². The van der Waals surface area contributed by atoms with E-state index in [1.54, 1.807) is 11.3 Å². The molecule has 1 heterocycles. The van der Waals surface area contributed by atoms with Crippen LogP contribution in [0.3, 0.4) is 0 Å². The third-order valence-corrected chi connectivity index (χ3v) is 3.50. The molecule has 0 aliphatic rings. The highest BCUT2D eigenvalue weighted by Crippen LogP contribution is 2.22. The maximum atomic E-state index is 4.57. The van der Waals surface area contributed by atoms with E-state index in [4.69, 9.17) is 0 Å². The summed E-state index contributed by atoms with van der Waals surface area (Å²) in [5.41, 5.74) is 1.15. The Morgan fingerprint density at radius 2 is 2.20 bits per heavy atom. The number of thiazole rings is 1. The Bertz CT molecular complexity index is 262. The molecule has 1 atom stereocenters. The first-order chi connectivity index (χ1) is 7.27. The van der Waals surface area contributed by atoms with E-state index < -0.39 is 0 Å². The molecule has 0 spiro atoms. The Morgan fingerprint density at radius 3 is 2.73 bits per heavy atom. The van der Waals surface area contributed by atoms with E-state index in [2.05, 4.69) is 36.5 Å². The molecular formula is C12H22N2S. The van der Waals surface area contributed by atoms with Crippen molar-refractivity contribution in [2.24, 2.45) is 0 Å². The van der Waals surface area contributed by atoms with Crippen molar-refractivity contribution in [2.75, 3.05) is 6.54 Å². The van der Waals surface area contributed by atoms with Crippen LogP contribution in [0.5, 0.6) is 0 Å². The highest BCUT2D eigenvalue weighted by molar-refractivity contribution is 7.09. The summed E-state index contributed by atoms with van der Waals surface area (Å²) in [5.74, 6) is 0. The lowest BCUT2D eigenvalue weighted by Gasteiger charge is -2.15. The molecule has 2 nitrogen and oxygen atoms in total. The van der Waals surface area contributed by atoms with Gasteiger partial charge in [0, 0.05) is 11.1 Å². The Kier molecular flexibility index (Phi) is 5.88. The second-order valence-electron chi connectivity index (χ2n) is 3.98. The summed E-state index contributed by atoms with van der Waals surface area (Å²) in [6.07, 6.45) is 4.94. The SMILES string of the molecule is CCCCC(NCCC)c1nc(C)cs1. The number of aryl methyl sites for hydroxylation is 1. The largest absolute Gasteiger partial charge is 0.308 e. The van der Waals surface area contributed by atoms with E-state index in [-0.39, 0.29) is 0 Å². The quantitative estimate of drug-likeness (QED) is 0.767. The Morgan fingerprint density at radius 1 is 1.40 bits per heavy atom. The van der Waals surface area contributed by atoms with Crippen LogP contribution in [0, 0.1) is 6.92 Å². The van der Waals surface area contributed by atoms with E-state index in [9.17, 15) is 0 Å². The summed E-state index contributed by atoms with van der Waals surface area (Å²) in [5, 5.41) is 6.98. The van der Waals surface area contributed by atoms with Gasteiger partial charge in [0.1, 0.15) is 5.01 Å². The molecule has 0 radical (unpaired) electrons. The van der Waals surface area contributed by atoms with Crippen molar-refractivity contribution in [2.45, 2.75) is 52.5 Å². The number of hydrogen-bond donors (Lipinski definition) is 1. The van der Waals surface area contributed by atoms with Crippen LogP contribution in [0.15, 0.2) is 5.38 Å². The standard InChI is InChI=1S/C12H22N2S/c1-4-6-7-11(13-8-5-2)12-14-10(3)9-15-12/h9,11,13H,4-8H2,1-3H3. The number of unbranched alkanes of at least 4 members (excludes halogenated alkanes) is 1. The lowest BCUT2D eigenvalue weighted by atomic mass is 10.1. The molecule has 3 heteroatoms. The maximum Gasteiger partial charge on any atom is 0.110 e. The minimum absolute atomic E-state index is 0.476. The van der Waals surface area contributed by atoms with Crippen molar-refractivity contribution in [1.82, 2.24) is 10.3 Å². The highest BCUT2D eigenvalue weighted by atomic mass is 32.1. The molecule has 0 amide bonds. The van der Waals surface area contributed by atoms with Crippen molar-refractivity contribution in [3.05, 3.63) is 16.1 Å². The topological polar surface area (TPSA) is 24.9 Å². The lowest BCUT2D eigenvalue weighted by Crippen LogP contribution is -2.22. The van der Waals surface area contributed by atoms with Crippen LogP contribution in [0.25, 0.3) is 0 Å². The van der Waals surface area contributed by atoms with E-state index in [1.165, 1.54) is 30.7 Å². The summed E-state index contributed by atoms with van der Waals surface area (Å²) in [7, 11) is 0. The van der Waals surface area contributed by atoms with Gasteiger partial charge < -0.3 is 5.32 Å². The molecule has 1 rings (SSSR count). The van der Waals surface area contributed by atoms with Crippen molar-refractivity contribution >= 4 is 11.3 Å². The first-order valence-corrected chi connectivity index (χ1v) is 6.81. The lowest BCUT2D eigenvalue weighted by molar-refractivity contribution is 0.479. The molecule has 0 aliphatic carbocycles. The Labute approximate surface area is 97.1 Å². The Balaban J connectivity index is 2.54. The molecular weight excluding hydrogens is 204 g/mol. The number of aromatic nitrogens is 1. The average molecular weight is 226 g/mol. The number of nitrogens with zero attached hydrogens (tertiary/aromatic N) is 1. The monoisotopic (exact) mass is 226 g/mol. The average Bonchev–Trinajstić information content (AvgIpc) is 2.65. The van der Waals surface area contributed by atoms with Gasteiger partial charge in [-0.2, -0.15) is 0 Å². The zero-order valence-corrected chi connectivity index (χ0v) is 10.9. The minimum atomic E-state index is 0.476. The van der Waals surface area contributed by atoms with Gasteiger partial charge in [-0.05, 0) is 26.3 Å². The predicted molar refractivity (Wildman–Crippen MR) is 67.4 cm³/mol. The third kappa shape index (κ3) is 4.31. The smallest absolute Gasteiger partial charge is 0.110 e. The molecule has 15 heavy (non-hydrogen) atoms. The van der Waals surface area contributed by atoms with Gasteiger partial charge in [-0.1, -0.05) is 26.7 Å². The maximum absolute atomic E-state index is 4.57. The summed E-state index contributed by atoms with van der Waals surface area (Å²) in [6.45, 7) is 7.60. The van der Waals surface area contributed by atoms with Crippen LogP contribution in [0.4, 0.5) is 0 Å². The van der Waals surface area contributed by atoms with Crippen LogP contribution in [0.1, 0.15) is 56.3 Å². The molecule has 0 aromatic carbocycles. The summed E-state index contributed by atoms with van der Waals surface area (Å²) in [6, 6.07) is 0.476. The summed E-state index contributed by atoms with van der Waals surface area (Å²) < 4.78 is 0. The summed E-state index contributed by atoms with van der Waals surface area (Å²) >= 11 is 1.78. The van der Waals surface area contributed by atoms with Crippen LogP contribution in [-0.4, -0.2) is 11.5 Å². The van der Waals surface area contributed by atoms with Gasteiger partial charge >= 0.3 is 0 Å². The number of nitrogens with one attached hydrogen (secondary N) is 1. The molecule has 86 valence electrons. The molecule has 0 aliphatic heterocycles. The minimum Gasteiger partial charge on any atom is -0.308 e. The van der Waals surface area contributed by atoms with Gasteiger partial charge in [-0.3, -0.25) is 0 Å². The van der Waals surface area contributed by atoms with Gasteiger partial charge in [-0.25, -0.2) is 4.98 Å².